The zero-order valence-electron chi connectivity index (χ0n) is 16.9. The zero-order valence-corrected chi connectivity index (χ0v) is 17.7. The molecule has 0 bridgehead atoms. The van der Waals surface area contributed by atoms with Gasteiger partial charge in [0.1, 0.15) is 10.6 Å². The summed E-state index contributed by atoms with van der Waals surface area (Å²) in [5.41, 5.74) is 1.10. The second kappa shape index (κ2) is 7.94. The molecule has 2 aromatic rings. The number of hydrogen-bond donors (Lipinski definition) is 1. The van der Waals surface area contributed by atoms with Gasteiger partial charge in [-0.25, -0.2) is 4.79 Å². The number of thiophene rings is 1. The second-order valence-corrected chi connectivity index (χ2v) is 9.34. The number of nitrogens with zero attached hydrogens (tertiary/aromatic N) is 1. The number of para-hydroxylation sites is 1. The first-order valence-corrected chi connectivity index (χ1v) is 10.2. The van der Waals surface area contributed by atoms with Crippen molar-refractivity contribution < 1.29 is 19.2 Å². The third-order valence-corrected chi connectivity index (χ3v) is 6.62. The molecule has 29 heavy (non-hydrogen) atoms. The maximum absolute atomic E-state index is 12.8. The first-order chi connectivity index (χ1) is 13.6. The first kappa shape index (κ1) is 21.0. The normalized spacial score (nSPS) is 16.1. The van der Waals surface area contributed by atoms with Crippen LogP contribution >= 0.6 is 11.3 Å². The molecule has 0 aliphatic heterocycles. The molecule has 1 aromatic heterocycles. The lowest BCUT2D eigenvalue weighted by molar-refractivity contribution is -0.385. The van der Waals surface area contributed by atoms with Crippen LogP contribution in [0, 0.1) is 21.4 Å². The van der Waals surface area contributed by atoms with Crippen LogP contribution < -0.4 is 5.32 Å². The van der Waals surface area contributed by atoms with E-state index >= 15 is 0 Å². The molecule has 3 rings (SSSR count). The molecule has 1 aromatic carbocycles. The molecule has 0 radical (unpaired) electrons. The number of anilines is 1. The van der Waals surface area contributed by atoms with E-state index in [1.165, 1.54) is 36.6 Å². The van der Waals surface area contributed by atoms with Crippen molar-refractivity contribution in [2.75, 3.05) is 12.4 Å². The summed E-state index contributed by atoms with van der Waals surface area (Å²) in [4.78, 5) is 37.0. The Bertz CT molecular complexity index is 974. The summed E-state index contributed by atoms with van der Waals surface area (Å²) in [5.74, 6) is -0.652. The number of methoxy groups -OCH3 is 1. The van der Waals surface area contributed by atoms with Crippen LogP contribution in [-0.2, 0) is 17.6 Å². The fraction of sp³-hybridized carbons (Fsp3) is 0.429. The Morgan fingerprint density at radius 2 is 1.97 bits per heavy atom. The smallest absolute Gasteiger partial charge is 0.341 e. The molecule has 0 fully saturated rings. The van der Waals surface area contributed by atoms with E-state index in [4.69, 9.17) is 4.74 Å². The van der Waals surface area contributed by atoms with Crippen molar-refractivity contribution in [1.82, 2.24) is 0 Å². The van der Waals surface area contributed by atoms with Crippen LogP contribution in [0.25, 0.3) is 0 Å². The highest BCUT2D eigenvalue weighted by Gasteiger charge is 2.34. The van der Waals surface area contributed by atoms with Gasteiger partial charge in [-0.15, -0.1) is 11.3 Å². The van der Waals surface area contributed by atoms with Crippen molar-refractivity contribution >= 4 is 33.9 Å². The van der Waals surface area contributed by atoms with Gasteiger partial charge in [-0.1, -0.05) is 32.9 Å². The minimum atomic E-state index is -0.617. The number of amides is 1. The maximum Gasteiger partial charge on any atom is 0.341 e. The van der Waals surface area contributed by atoms with Crippen LogP contribution in [0.1, 0.15) is 58.3 Å². The predicted octanol–water partition coefficient (Wildman–Crippen LogP) is 4.85. The number of carbonyl (C=O) groups is 2. The van der Waals surface area contributed by atoms with E-state index in [9.17, 15) is 19.7 Å². The zero-order chi connectivity index (χ0) is 21.3. The molecule has 1 atom stereocenters. The highest BCUT2D eigenvalue weighted by Crippen LogP contribution is 2.44. The van der Waals surface area contributed by atoms with Gasteiger partial charge in [-0.3, -0.25) is 14.9 Å². The number of esters is 1. The van der Waals surface area contributed by atoms with Gasteiger partial charge in [0.05, 0.1) is 17.6 Å². The lowest BCUT2D eigenvalue weighted by atomic mass is 9.72. The third kappa shape index (κ3) is 4.17. The number of nitro benzene ring substituents is 1. The highest BCUT2D eigenvalue weighted by atomic mass is 32.1. The Morgan fingerprint density at radius 3 is 2.59 bits per heavy atom. The molecule has 7 nitrogen and oxygen atoms in total. The monoisotopic (exact) mass is 416 g/mol. The minimum absolute atomic E-state index is 0.0488. The molecular formula is C21H24N2O5S. The summed E-state index contributed by atoms with van der Waals surface area (Å²) in [6, 6.07) is 5.75. The van der Waals surface area contributed by atoms with E-state index in [0.29, 0.717) is 16.5 Å². The number of carbonyl (C=O) groups excluding carboxylic acids is 2. The van der Waals surface area contributed by atoms with Crippen molar-refractivity contribution in [2.45, 2.75) is 40.0 Å². The molecule has 1 heterocycles. The molecule has 1 amide bonds. The Kier molecular flexibility index (Phi) is 5.75. The summed E-state index contributed by atoms with van der Waals surface area (Å²) < 4.78 is 4.95. The molecule has 154 valence electrons. The van der Waals surface area contributed by atoms with Gasteiger partial charge in [0.25, 0.3) is 11.6 Å². The van der Waals surface area contributed by atoms with Crippen LogP contribution in [0.3, 0.4) is 0 Å². The second-order valence-electron chi connectivity index (χ2n) is 8.23. The van der Waals surface area contributed by atoms with Gasteiger partial charge in [0, 0.05) is 10.9 Å². The van der Waals surface area contributed by atoms with E-state index in [-0.39, 0.29) is 16.7 Å². The first-order valence-electron chi connectivity index (χ1n) is 9.41. The Morgan fingerprint density at radius 1 is 1.28 bits per heavy atom. The van der Waals surface area contributed by atoms with Gasteiger partial charge in [0.15, 0.2) is 0 Å². The Balaban J connectivity index is 1.98. The molecule has 8 heteroatoms. The molecule has 0 spiro atoms. The van der Waals surface area contributed by atoms with Crippen molar-refractivity contribution in [3.8, 4) is 0 Å². The fourth-order valence-electron chi connectivity index (χ4n) is 3.73. The highest BCUT2D eigenvalue weighted by molar-refractivity contribution is 7.17. The van der Waals surface area contributed by atoms with Crippen LogP contribution in [0.5, 0.6) is 0 Å². The Labute approximate surface area is 173 Å². The fourth-order valence-corrected chi connectivity index (χ4v) is 5.04. The topological polar surface area (TPSA) is 98.5 Å². The number of fused-ring (bicyclic) bond motifs is 1. The van der Waals surface area contributed by atoms with E-state index in [0.717, 1.165) is 29.7 Å². The van der Waals surface area contributed by atoms with Gasteiger partial charge < -0.3 is 10.1 Å². The van der Waals surface area contributed by atoms with Crippen LogP contribution in [0.2, 0.25) is 0 Å². The van der Waals surface area contributed by atoms with E-state index in [2.05, 4.69) is 26.1 Å². The molecule has 1 aliphatic rings. The largest absolute Gasteiger partial charge is 0.465 e. The quantitative estimate of drug-likeness (QED) is 0.436. The van der Waals surface area contributed by atoms with Gasteiger partial charge in [0.2, 0.25) is 0 Å². The van der Waals surface area contributed by atoms with Gasteiger partial charge in [-0.2, -0.15) is 0 Å². The maximum atomic E-state index is 12.8. The van der Waals surface area contributed by atoms with Gasteiger partial charge in [-0.05, 0) is 42.2 Å². The number of hydrogen-bond acceptors (Lipinski definition) is 6. The molecule has 1 aliphatic carbocycles. The lowest BCUT2D eigenvalue weighted by Gasteiger charge is -2.33. The average molecular weight is 416 g/mol. The summed E-state index contributed by atoms with van der Waals surface area (Å²) in [7, 11) is 1.31. The van der Waals surface area contributed by atoms with Crippen molar-refractivity contribution in [2.24, 2.45) is 11.3 Å². The number of nitro groups is 1. The predicted molar refractivity (Wildman–Crippen MR) is 112 cm³/mol. The molecular weight excluding hydrogens is 392 g/mol. The van der Waals surface area contributed by atoms with Crippen LogP contribution in [0.15, 0.2) is 24.3 Å². The molecule has 0 saturated carbocycles. The van der Waals surface area contributed by atoms with Gasteiger partial charge >= 0.3 is 5.97 Å². The number of nitrogens with one attached hydrogen (secondary N) is 1. The van der Waals surface area contributed by atoms with Crippen LogP contribution in [-0.4, -0.2) is 23.9 Å². The molecule has 0 saturated heterocycles. The lowest BCUT2D eigenvalue weighted by Crippen LogP contribution is -2.26. The van der Waals surface area contributed by atoms with E-state index in [1.807, 2.05) is 0 Å². The SMILES string of the molecule is COC(=O)c1c(NC(=O)c2ccccc2[N+](=O)[O-])sc2c1CC[C@@H](C(C)(C)C)C2. The number of ether oxygens (including phenoxy) is 1. The third-order valence-electron chi connectivity index (χ3n) is 5.45. The summed E-state index contributed by atoms with van der Waals surface area (Å²) >= 11 is 1.36. The summed E-state index contributed by atoms with van der Waals surface area (Å²) in [6.45, 7) is 6.61. The Hall–Kier alpha value is -2.74. The van der Waals surface area contributed by atoms with Crippen LogP contribution in [0.4, 0.5) is 10.7 Å². The van der Waals surface area contributed by atoms with E-state index < -0.39 is 16.8 Å². The average Bonchev–Trinajstić information content (AvgIpc) is 3.03. The van der Waals surface area contributed by atoms with E-state index in [1.54, 1.807) is 6.07 Å². The van der Waals surface area contributed by atoms with Crippen molar-refractivity contribution in [3.05, 3.63) is 55.9 Å². The minimum Gasteiger partial charge on any atom is -0.465 e. The molecule has 0 unspecified atom stereocenters. The molecule has 1 N–H and O–H groups in total. The van der Waals surface area contributed by atoms with Crippen molar-refractivity contribution in [1.29, 1.82) is 0 Å². The number of rotatable bonds is 4. The number of benzene rings is 1. The van der Waals surface area contributed by atoms with Crippen molar-refractivity contribution in [3.63, 3.8) is 0 Å². The summed E-state index contributed by atoms with van der Waals surface area (Å²) in [6.07, 6.45) is 2.52. The standard InChI is InChI=1S/C21H24N2O5S/c1-21(2,3)12-9-10-14-16(11-12)29-19(17(14)20(25)28-4)22-18(24)13-7-5-6-8-15(13)23(26)27/h5-8,12H,9-11H2,1-4H3,(H,22,24)/t12-/m1/s1. The summed E-state index contributed by atoms with van der Waals surface area (Å²) in [5, 5.41) is 14.4.